The predicted octanol–water partition coefficient (Wildman–Crippen LogP) is 3.19. The SMILES string of the molecule is O=C(c1cn(CCO)c2cc(-c3cn[nH]c3)ccc12)C1COc2cc(F)ccc2O1. The summed E-state index contributed by atoms with van der Waals surface area (Å²) in [4.78, 5) is 13.3. The third-order valence-electron chi connectivity index (χ3n) is 5.18. The molecular weight excluding hydrogens is 389 g/mol. The van der Waals surface area contributed by atoms with E-state index >= 15 is 0 Å². The van der Waals surface area contributed by atoms with Crippen LogP contribution in [0.25, 0.3) is 22.0 Å². The normalized spacial score (nSPS) is 15.5. The highest BCUT2D eigenvalue weighted by atomic mass is 19.1. The molecule has 0 saturated carbocycles. The number of hydrogen-bond donors (Lipinski definition) is 2. The molecule has 0 spiro atoms. The number of nitrogens with zero attached hydrogens (tertiary/aromatic N) is 2. The predicted molar refractivity (Wildman–Crippen MR) is 107 cm³/mol. The minimum atomic E-state index is -0.843. The summed E-state index contributed by atoms with van der Waals surface area (Å²) in [6.07, 6.45) is 4.40. The highest BCUT2D eigenvalue weighted by molar-refractivity contribution is 6.11. The fourth-order valence-corrected chi connectivity index (χ4v) is 3.72. The van der Waals surface area contributed by atoms with Crippen molar-refractivity contribution < 1.29 is 23.8 Å². The number of halogens is 1. The lowest BCUT2D eigenvalue weighted by atomic mass is 10.0. The van der Waals surface area contributed by atoms with Crippen LogP contribution in [0.4, 0.5) is 4.39 Å². The van der Waals surface area contributed by atoms with Gasteiger partial charge >= 0.3 is 0 Å². The Hall–Kier alpha value is -3.65. The lowest BCUT2D eigenvalue weighted by Crippen LogP contribution is -2.36. The standard InChI is InChI=1S/C22H18FN3O4/c23-15-2-4-19-20(8-15)29-12-21(30-19)22(28)17-11-26(5-6-27)18-7-13(1-3-16(17)18)14-9-24-25-10-14/h1-4,7-11,21,27H,5-6,12H2,(H,24,25). The number of rotatable bonds is 5. The van der Waals surface area contributed by atoms with Crippen LogP contribution in [0.5, 0.6) is 11.5 Å². The fourth-order valence-electron chi connectivity index (χ4n) is 3.72. The Morgan fingerprint density at radius 3 is 2.93 bits per heavy atom. The van der Waals surface area contributed by atoms with E-state index in [0.717, 1.165) is 22.0 Å². The number of hydrogen-bond acceptors (Lipinski definition) is 5. The van der Waals surface area contributed by atoms with Gasteiger partial charge in [0.15, 0.2) is 17.6 Å². The summed E-state index contributed by atoms with van der Waals surface area (Å²) in [6.45, 7) is 0.285. The number of fused-ring (bicyclic) bond motifs is 2. The van der Waals surface area contributed by atoms with Crippen molar-refractivity contribution in [1.29, 1.82) is 0 Å². The van der Waals surface area contributed by atoms with E-state index in [1.807, 2.05) is 22.8 Å². The Kier molecular flexibility index (Phi) is 4.48. The first-order valence-corrected chi connectivity index (χ1v) is 9.50. The van der Waals surface area contributed by atoms with E-state index in [-0.39, 0.29) is 24.7 Å². The Morgan fingerprint density at radius 2 is 2.13 bits per heavy atom. The van der Waals surface area contributed by atoms with Crippen LogP contribution in [0.15, 0.2) is 55.0 Å². The monoisotopic (exact) mass is 407 g/mol. The van der Waals surface area contributed by atoms with Crippen molar-refractivity contribution in [1.82, 2.24) is 14.8 Å². The van der Waals surface area contributed by atoms with Crippen LogP contribution in [-0.4, -0.2) is 45.0 Å². The molecule has 30 heavy (non-hydrogen) atoms. The van der Waals surface area contributed by atoms with E-state index < -0.39 is 11.9 Å². The van der Waals surface area contributed by atoms with Crippen molar-refractivity contribution in [3.63, 3.8) is 0 Å². The van der Waals surface area contributed by atoms with Gasteiger partial charge in [-0.05, 0) is 23.8 Å². The molecule has 1 aliphatic rings. The van der Waals surface area contributed by atoms with E-state index in [4.69, 9.17) is 9.47 Å². The van der Waals surface area contributed by atoms with Gasteiger partial charge in [0.25, 0.3) is 0 Å². The molecule has 0 aliphatic carbocycles. The number of benzene rings is 2. The minimum absolute atomic E-state index is 0.00490. The maximum absolute atomic E-state index is 13.4. The molecule has 0 fully saturated rings. The fraction of sp³-hybridized carbons (Fsp3) is 0.182. The summed E-state index contributed by atoms with van der Waals surface area (Å²) in [5.74, 6) is -0.0424. The number of carbonyl (C=O) groups is 1. The first-order chi connectivity index (χ1) is 14.6. The quantitative estimate of drug-likeness (QED) is 0.496. The van der Waals surface area contributed by atoms with Gasteiger partial charge in [-0.15, -0.1) is 0 Å². The summed E-state index contributed by atoms with van der Waals surface area (Å²) in [6, 6.07) is 9.72. The molecule has 1 unspecified atom stereocenters. The second-order valence-electron chi connectivity index (χ2n) is 7.05. The molecule has 0 bridgehead atoms. The lowest BCUT2D eigenvalue weighted by Gasteiger charge is -2.25. The van der Waals surface area contributed by atoms with Gasteiger partial charge in [-0.3, -0.25) is 9.89 Å². The highest BCUT2D eigenvalue weighted by Crippen LogP contribution is 2.34. The maximum Gasteiger partial charge on any atom is 0.209 e. The maximum atomic E-state index is 13.4. The van der Waals surface area contributed by atoms with Crippen molar-refractivity contribution >= 4 is 16.7 Å². The summed E-state index contributed by atoms with van der Waals surface area (Å²) >= 11 is 0. The molecule has 8 heteroatoms. The van der Waals surface area contributed by atoms with E-state index in [0.29, 0.717) is 17.9 Å². The van der Waals surface area contributed by atoms with Crippen LogP contribution in [0.1, 0.15) is 10.4 Å². The summed E-state index contributed by atoms with van der Waals surface area (Å²) in [7, 11) is 0. The Labute approximate surface area is 170 Å². The van der Waals surface area contributed by atoms with E-state index in [2.05, 4.69) is 10.2 Å². The molecule has 3 heterocycles. The number of aromatic amines is 1. The zero-order valence-corrected chi connectivity index (χ0v) is 15.8. The van der Waals surface area contributed by atoms with Crippen molar-refractivity contribution in [3.05, 3.63) is 66.4 Å². The molecule has 7 nitrogen and oxygen atoms in total. The van der Waals surface area contributed by atoms with Crippen molar-refractivity contribution in [2.24, 2.45) is 0 Å². The number of ether oxygens (including phenoxy) is 2. The van der Waals surface area contributed by atoms with Crippen molar-refractivity contribution in [2.45, 2.75) is 12.6 Å². The van der Waals surface area contributed by atoms with Crippen LogP contribution in [0, 0.1) is 5.82 Å². The molecule has 4 aromatic rings. The van der Waals surface area contributed by atoms with Gasteiger partial charge in [0.2, 0.25) is 5.78 Å². The number of aromatic nitrogens is 3. The number of ketones is 1. The zero-order valence-electron chi connectivity index (χ0n) is 15.8. The third-order valence-corrected chi connectivity index (χ3v) is 5.18. The van der Waals surface area contributed by atoms with Crippen LogP contribution >= 0.6 is 0 Å². The Balaban J connectivity index is 1.52. The van der Waals surface area contributed by atoms with Gasteiger partial charge in [-0.1, -0.05) is 12.1 Å². The number of carbonyl (C=O) groups excluding carboxylic acids is 1. The molecule has 152 valence electrons. The minimum Gasteiger partial charge on any atom is -0.485 e. The summed E-state index contributed by atoms with van der Waals surface area (Å²) in [5.41, 5.74) is 3.18. The molecule has 0 saturated heterocycles. The molecule has 5 rings (SSSR count). The lowest BCUT2D eigenvalue weighted by molar-refractivity contribution is 0.0586. The number of H-pyrrole nitrogens is 1. The first-order valence-electron chi connectivity index (χ1n) is 9.50. The number of Topliss-reactive ketones (excluding diaryl/α,β-unsaturated/α-hetero) is 1. The van der Waals surface area contributed by atoms with Crippen LogP contribution in [-0.2, 0) is 6.54 Å². The second-order valence-corrected chi connectivity index (χ2v) is 7.05. The smallest absolute Gasteiger partial charge is 0.209 e. The average Bonchev–Trinajstić information content (AvgIpc) is 3.41. The second kappa shape index (κ2) is 7.31. The molecule has 0 radical (unpaired) electrons. The van der Waals surface area contributed by atoms with Crippen molar-refractivity contribution in [3.8, 4) is 22.6 Å². The molecule has 1 atom stereocenters. The summed E-state index contributed by atoms with van der Waals surface area (Å²) in [5, 5.41) is 17.0. The van der Waals surface area contributed by atoms with E-state index in [9.17, 15) is 14.3 Å². The largest absolute Gasteiger partial charge is 0.485 e. The number of nitrogens with one attached hydrogen (secondary N) is 1. The van der Waals surface area contributed by atoms with Crippen LogP contribution in [0.2, 0.25) is 0 Å². The molecule has 2 aromatic heterocycles. The van der Waals surface area contributed by atoms with Gasteiger partial charge in [-0.25, -0.2) is 4.39 Å². The van der Waals surface area contributed by atoms with E-state index in [1.54, 1.807) is 18.6 Å². The van der Waals surface area contributed by atoms with Gasteiger partial charge in [-0.2, -0.15) is 5.10 Å². The van der Waals surface area contributed by atoms with Gasteiger partial charge in [0.1, 0.15) is 12.4 Å². The Bertz CT molecular complexity index is 1230. The van der Waals surface area contributed by atoms with Gasteiger partial charge in [0.05, 0.1) is 12.8 Å². The van der Waals surface area contributed by atoms with Crippen LogP contribution < -0.4 is 9.47 Å². The molecule has 1 aliphatic heterocycles. The topological polar surface area (TPSA) is 89.4 Å². The first kappa shape index (κ1) is 18.4. The van der Waals surface area contributed by atoms with Crippen molar-refractivity contribution in [2.75, 3.05) is 13.2 Å². The van der Waals surface area contributed by atoms with E-state index in [1.165, 1.54) is 18.2 Å². The zero-order chi connectivity index (χ0) is 20.7. The molecule has 0 amide bonds. The summed E-state index contributed by atoms with van der Waals surface area (Å²) < 4.78 is 26.6. The molecule has 2 N–H and O–H groups in total. The molecular formula is C22H18FN3O4. The molecule has 2 aromatic carbocycles. The third kappa shape index (κ3) is 3.11. The average molecular weight is 407 g/mol. The van der Waals surface area contributed by atoms with Crippen LogP contribution in [0.3, 0.4) is 0 Å². The number of aliphatic hydroxyl groups is 1. The van der Waals surface area contributed by atoms with Gasteiger partial charge in [0, 0.05) is 47.0 Å². The van der Waals surface area contributed by atoms with Gasteiger partial charge < -0.3 is 19.1 Å². The number of aliphatic hydroxyl groups excluding tert-OH is 1. The highest BCUT2D eigenvalue weighted by Gasteiger charge is 2.30. The Morgan fingerprint density at radius 1 is 1.23 bits per heavy atom.